The molecule has 5 nitrogen and oxygen atoms in total. The summed E-state index contributed by atoms with van der Waals surface area (Å²) in [6.07, 6.45) is 1.39. The average molecular weight is 292 g/mol. The SMILES string of the molecule is Nc1cnc(Cl)c(C(=O)NCc2cccc(CO)c2)c1. The fourth-order valence-corrected chi connectivity index (χ4v) is 1.93. The molecule has 1 heterocycles. The number of hydrogen-bond donors (Lipinski definition) is 3. The molecular formula is C14H14ClN3O2. The van der Waals surface area contributed by atoms with Crippen molar-refractivity contribution in [3.63, 3.8) is 0 Å². The zero-order chi connectivity index (χ0) is 14.5. The van der Waals surface area contributed by atoms with Crippen LogP contribution in [0.25, 0.3) is 0 Å². The summed E-state index contributed by atoms with van der Waals surface area (Å²) in [4.78, 5) is 15.8. The van der Waals surface area contributed by atoms with Crippen molar-refractivity contribution in [3.8, 4) is 0 Å². The molecule has 0 aliphatic carbocycles. The molecule has 4 N–H and O–H groups in total. The van der Waals surface area contributed by atoms with Crippen LogP contribution in [0.1, 0.15) is 21.5 Å². The van der Waals surface area contributed by atoms with Crippen LogP contribution in [-0.4, -0.2) is 16.0 Å². The van der Waals surface area contributed by atoms with E-state index < -0.39 is 0 Å². The molecule has 20 heavy (non-hydrogen) atoms. The highest BCUT2D eigenvalue weighted by Crippen LogP contribution is 2.15. The molecule has 104 valence electrons. The Morgan fingerprint density at radius 2 is 2.10 bits per heavy atom. The molecule has 1 amide bonds. The predicted molar refractivity (Wildman–Crippen MR) is 77.2 cm³/mol. The van der Waals surface area contributed by atoms with Crippen LogP contribution in [0, 0.1) is 0 Å². The number of benzene rings is 1. The van der Waals surface area contributed by atoms with E-state index >= 15 is 0 Å². The van der Waals surface area contributed by atoms with Gasteiger partial charge in [0.2, 0.25) is 0 Å². The summed E-state index contributed by atoms with van der Waals surface area (Å²) in [7, 11) is 0. The van der Waals surface area contributed by atoms with Gasteiger partial charge in [0.15, 0.2) is 0 Å². The molecule has 0 atom stereocenters. The van der Waals surface area contributed by atoms with E-state index in [1.165, 1.54) is 12.3 Å². The summed E-state index contributed by atoms with van der Waals surface area (Å²) < 4.78 is 0. The number of hydrogen-bond acceptors (Lipinski definition) is 4. The van der Waals surface area contributed by atoms with E-state index in [4.69, 9.17) is 22.4 Å². The van der Waals surface area contributed by atoms with Crippen LogP contribution < -0.4 is 11.1 Å². The van der Waals surface area contributed by atoms with Gasteiger partial charge in [-0.2, -0.15) is 0 Å². The molecule has 0 aliphatic heterocycles. The van der Waals surface area contributed by atoms with Crippen LogP contribution in [0.5, 0.6) is 0 Å². The number of carbonyl (C=O) groups excluding carboxylic acids is 1. The minimum absolute atomic E-state index is 0.0350. The highest BCUT2D eigenvalue weighted by molar-refractivity contribution is 6.32. The summed E-state index contributed by atoms with van der Waals surface area (Å²) in [6, 6.07) is 8.79. The maximum atomic E-state index is 12.0. The van der Waals surface area contributed by atoms with Crippen molar-refractivity contribution in [2.75, 3.05) is 5.73 Å². The Morgan fingerprint density at radius 3 is 2.85 bits per heavy atom. The van der Waals surface area contributed by atoms with E-state index in [-0.39, 0.29) is 23.2 Å². The van der Waals surface area contributed by atoms with Gasteiger partial charge >= 0.3 is 0 Å². The minimum atomic E-state index is -0.343. The Hall–Kier alpha value is -2.11. The summed E-state index contributed by atoms with van der Waals surface area (Å²) >= 11 is 5.86. The number of halogens is 1. The number of nitrogens with two attached hydrogens (primary N) is 1. The summed E-state index contributed by atoms with van der Waals surface area (Å²) in [5.74, 6) is -0.343. The molecular weight excluding hydrogens is 278 g/mol. The van der Waals surface area contributed by atoms with Gasteiger partial charge in [-0.05, 0) is 17.2 Å². The standard InChI is InChI=1S/C14H14ClN3O2/c15-13-12(5-11(16)7-17-13)14(20)18-6-9-2-1-3-10(4-9)8-19/h1-5,7,19H,6,8,16H2,(H,18,20). The van der Waals surface area contributed by atoms with Crippen LogP contribution in [0.3, 0.4) is 0 Å². The molecule has 0 saturated carbocycles. The van der Waals surface area contributed by atoms with Gasteiger partial charge in [-0.25, -0.2) is 4.98 Å². The largest absolute Gasteiger partial charge is 0.397 e. The van der Waals surface area contributed by atoms with Crippen molar-refractivity contribution in [1.29, 1.82) is 0 Å². The van der Waals surface area contributed by atoms with E-state index in [1.807, 2.05) is 24.3 Å². The number of aromatic nitrogens is 1. The number of amides is 1. The highest BCUT2D eigenvalue weighted by Gasteiger charge is 2.11. The van der Waals surface area contributed by atoms with Gasteiger partial charge in [0.05, 0.1) is 24.1 Å². The maximum absolute atomic E-state index is 12.0. The van der Waals surface area contributed by atoms with E-state index in [1.54, 1.807) is 0 Å². The van der Waals surface area contributed by atoms with Crippen LogP contribution >= 0.6 is 11.6 Å². The van der Waals surface area contributed by atoms with Gasteiger partial charge in [-0.15, -0.1) is 0 Å². The molecule has 1 aromatic heterocycles. The molecule has 0 spiro atoms. The summed E-state index contributed by atoms with van der Waals surface area (Å²) in [6.45, 7) is 0.296. The van der Waals surface area contributed by atoms with Gasteiger partial charge in [0.1, 0.15) is 5.15 Å². The molecule has 2 aromatic rings. The van der Waals surface area contributed by atoms with Crippen molar-refractivity contribution in [1.82, 2.24) is 10.3 Å². The number of nitrogens with zero attached hydrogens (tertiary/aromatic N) is 1. The third kappa shape index (κ3) is 3.46. The summed E-state index contributed by atoms with van der Waals surface area (Å²) in [5, 5.41) is 11.9. The molecule has 0 unspecified atom stereocenters. The molecule has 1 aromatic carbocycles. The van der Waals surface area contributed by atoms with Crippen molar-refractivity contribution in [2.45, 2.75) is 13.2 Å². The lowest BCUT2D eigenvalue weighted by atomic mass is 10.1. The van der Waals surface area contributed by atoms with Gasteiger partial charge in [-0.1, -0.05) is 35.9 Å². The first kappa shape index (κ1) is 14.3. The lowest BCUT2D eigenvalue weighted by Crippen LogP contribution is -2.23. The molecule has 0 aliphatic rings. The predicted octanol–water partition coefficient (Wildman–Crippen LogP) is 1.74. The van der Waals surface area contributed by atoms with E-state index in [2.05, 4.69) is 10.3 Å². The second-order valence-electron chi connectivity index (χ2n) is 4.27. The quantitative estimate of drug-likeness (QED) is 0.749. The topological polar surface area (TPSA) is 88.2 Å². The highest BCUT2D eigenvalue weighted by atomic mass is 35.5. The molecule has 0 fully saturated rings. The fraction of sp³-hybridized carbons (Fsp3) is 0.143. The third-order valence-electron chi connectivity index (χ3n) is 2.73. The zero-order valence-corrected chi connectivity index (χ0v) is 11.4. The van der Waals surface area contributed by atoms with Gasteiger partial charge in [0, 0.05) is 6.54 Å². The molecule has 0 saturated heterocycles. The van der Waals surface area contributed by atoms with E-state index in [9.17, 15) is 4.79 Å². The Balaban J connectivity index is 2.06. The maximum Gasteiger partial charge on any atom is 0.254 e. The first-order chi connectivity index (χ1) is 9.60. The Labute approximate surface area is 121 Å². The minimum Gasteiger partial charge on any atom is -0.397 e. The smallest absolute Gasteiger partial charge is 0.254 e. The second kappa shape index (κ2) is 6.36. The lowest BCUT2D eigenvalue weighted by molar-refractivity contribution is 0.0950. The van der Waals surface area contributed by atoms with Gasteiger partial charge in [-0.3, -0.25) is 4.79 Å². The van der Waals surface area contributed by atoms with Crippen LogP contribution in [0.2, 0.25) is 5.15 Å². The number of carbonyl (C=O) groups is 1. The van der Waals surface area contributed by atoms with Crippen LogP contribution in [-0.2, 0) is 13.2 Å². The van der Waals surface area contributed by atoms with Crippen LogP contribution in [0.15, 0.2) is 36.5 Å². The van der Waals surface area contributed by atoms with Crippen molar-refractivity contribution in [2.24, 2.45) is 0 Å². The number of aliphatic hydroxyl groups is 1. The number of nitrogen functional groups attached to an aromatic ring is 1. The fourth-order valence-electron chi connectivity index (χ4n) is 1.74. The normalized spacial score (nSPS) is 10.3. The number of anilines is 1. The average Bonchev–Trinajstić information content (AvgIpc) is 2.47. The molecule has 6 heteroatoms. The first-order valence-corrected chi connectivity index (χ1v) is 6.36. The monoisotopic (exact) mass is 291 g/mol. The number of nitrogens with one attached hydrogen (secondary N) is 1. The third-order valence-corrected chi connectivity index (χ3v) is 3.03. The van der Waals surface area contributed by atoms with Crippen LogP contribution in [0.4, 0.5) is 5.69 Å². The van der Waals surface area contributed by atoms with Crippen molar-refractivity contribution < 1.29 is 9.90 Å². The van der Waals surface area contributed by atoms with Crippen molar-refractivity contribution >= 4 is 23.2 Å². The zero-order valence-electron chi connectivity index (χ0n) is 10.6. The summed E-state index contributed by atoms with van der Waals surface area (Å²) in [5.41, 5.74) is 7.88. The number of rotatable bonds is 4. The number of pyridine rings is 1. The number of aliphatic hydroxyl groups excluding tert-OH is 1. The van der Waals surface area contributed by atoms with E-state index in [0.717, 1.165) is 11.1 Å². The van der Waals surface area contributed by atoms with Gasteiger partial charge < -0.3 is 16.2 Å². The van der Waals surface area contributed by atoms with Crippen molar-refractivity contribution in [3.05, 3.63) is 58.4 Å². The molecule has 0 bridgehead atoms. The van der Waals surface area contributed by atoms with E-state index in [0.29, 0.717) is 12.2 Å². The Kier molecular flexibility index (Phi) is 4.55. The molecule has 2 rings (SSSR count). The van der Waals surface area contributed by atoms with Gasteiger partial charge in [0.25, 0.3) is 5.91 Å². The Morgan fingerprint density at radius 1 is 1.35 bits per heavy atom. The first-order valence-electron chi connectivity index (χ1n) is 5.98. The lowest BCUT2D eigenvalue weighted by Gasteiger charge is -2.08. The molecule has 0 radical (unpaired) electrons. The second-order valence-corrected chi connectivity index (χ2v) is 4.63. The Bertz CT molecular complexity index is 632.